The van der Waals surface area contributed by atoms with Crippen molar-refractivity contribution in [2.75, 3.05) is 23.3 Å². The molecule has 8 nitrogen and oxygen atoms in total. The molecular weight excluding hydrogens is 416 g/mol. The van der Waals surface area contributed by atoms with E-state index in [2.05, 4.69) is 26.3 Å². The maximum absolute atomic E-state index is 11.6. The van der Waals surface area contributed by atoms with Crippen LogP contribution >= 0.6 is 0 Å². The van der Waals surface area contributed by atoms with Crippen molar-refractivity contribution in [3.63, 3.8) is 0 Å². The molecule has 172 valence electrons. The number of pyridine rings is 3. The van der Waals surface area contributed by atoms with E-state index in [1.807, 2.05) is 30.6 Å². The quantitative estimate of drug-likeness (QED) is 0.551. The number of rotatable bonds is 5. The predicted molar refractivity (Wildman–Crippen MR) is 129 cm³/mol. The van der Waals surface area contributed by atoms with Gasteiger partial charge in [-0.2, -0.15) is 0 Å². The molecule has 33 heavy (non-hydrogen) atoms. The SMILES string of the molecule is NC(=O)C1CCN(c2nc(-c3ccnc(N[C@H]4CC[C@H](O)CC4)c3)cc3cnccc23)CC1. The number of nitrogens with zero attached hydrogens (tertiary/aromatic N) is 4. The van der Waals surface area contributed by atoms with Gasteiger partial charge in [0.15, 0.2) is 0 Å². The molecule has 3 aromatic rings. The van der Waals surface area contributed by atoms with Gasteiger partial charge in [-0.05, 0) is 62.8 Å². The highest BCUT2D eigenvalue weighted by Crippen LogP contribution is 2.32. The van der Waals surface area contributed by atoms with Crippen LogP contribution in [0.1, 0.15) is 38.5 Å². The minimum Gasteiger partial charge on any atom is -0.393 e. The first-order valence-electron chi connectivity index (χ1n) is 11.8. The molecule has 1 amide bonds. The van der Waals surface area contributed by atoms with Crippen molar-refractivity contribution in [2.24, 2.45) is 11.7 Å². The van der Waals surface area contributed by atoms with E-state index in [9.17, 15) is 9.90 Å². The number of nitrogens with two attached hydrogens (primary N) is 1. The number of hydrogen-bond donors (Lipinski definition) is 3. The monoisotopic (exact) mass is 446 g/mol. The largest absolute Gasteiger partial charge is 0.393 e. The number of carbonyl (C=O) groups excluding carboxylic acids is 1. The summed E-state index contributed by atoms with van der Waals surface area (Å²) in [6.45, 7) is 1.50. The topological polar surface area (TPSA) is 117 Å². The molecule has 2 aliphatic rings. The van der Waals surface area contributed by atoms with Gasteiger partial charge < -0.3 is 21.1 Å². The number of aliphatic hydroxyl groups excluding tert-OH is 1. The Bertz CT molecular complexity index is 1140. The van der Waals surface area contributed by atoms with E-state index in [1.165, 1.54) is 0 Å². The zero-order chi connectivity index (χ0) is 22.8. The summed E-state index contributed by atoms with van der Waals surface area (Å²) in [5.41, 5.74) is 7.38. The van der Waals surface area contributed by atoms with Crippen LogP contribution in [-0.2, 0) is 4.79 Å². The van der Waals surface area contributed by atoms with Crippen LogP contribution in [0, 0.1) is 5.92 Å². The third-order valence-corrected chi connectivity index (χ3v) is 6.91. The van der Waals surface area contributed by atoms with Crippen molar-refractivity contribution < 1.29 is 9.90 Å². The number of anilines is 2. The molecule has 5 rings (SSSR count). The first kappa shape index (κ1) is 21.6. The predicted octanol–water partition coefficient (Wildman–Crippen LogP) is 3.11. The molecule has 0 bridgehead atoms. The second-order valence-electron chi connectivity index (χ2n) is 9.17. The molecule has 8 heteroatoms. The Morgan fingerprint density at radius 1 is 1.06 bits per heavy atom. The maximum Gasteiger partial charge on any atom is 0.220 e. The van der Waals surface area contributed by atoms with Gasteiger partial charge in [0.2, 0.25) is 5.91 Å². The molecule has 3 aromatic heterocycles. The third-order valence-electron chi connectivity index (χ3n) is 6.91. The van der Waals surface area contributed by atoms with E-state index in [0.29, 0.717) is 6.04 Å². The summed E-state index contributed by atoms with van der Waals surface area (Å²) < 4.78 is 0. The molecular formula is C25H30N6O2. The van der Waals surface area contributed by atoms with E-state index in [-0.39, 0.29) is 17.9 Å². The first-order valence-corrected chi connectivity index (χ1v) is 11.8. The van der Waals surface area contributed by atoms with Crippen LogP contribution in [0.5, 0.6) is 0 Å². The van der Waals surface area contributed by atoms with Crippen LogP contribution in [0.15, 0.2) is 42.9 Å². The number of primary amides is 1. The Balaban J connectivity index is 1.44. The highest BCUT2D eigenvalue weighted by molar-refractivity contribution is 5.94. The lowest BCUT2D eigenvalue weighted by atomic mass is 9.93. The number of nitrogens with one attached hydrogen (secondary N) is 1. The van der Waals surface area contributed by atoms with Gasteiger partial charge in [0.1, 0.15) is 11.6 Å². The average molecular weight is 447 g/mol. The zero-order valence-corrected chi connectivity index (χ0v) is 18.7. The van der Waals surface area contributed by atoms with Crippen LogP contribution in [0.25, 0.3) is 22.0 Å². The van der Waals surface area contributed by atoms with Crippen LogP contribution in [0.4, 0.5) is 11.6 Å². The molecule has 1 saturated heterocycles. The van der Waals surface area contributed by atoms with Gasteiger partial charge in [-0.1, -0.05) is 0 Å². The van der Waals surface area contributed by atoms with Gasteiger partial charge in [-0.15, -0.1) is 0 Å². The van der Waals surface area contributed by atoms with Crippen molar-refractivity contribution in [3.05, 3.63) is 42.9 Å². The zero-order valence-electron chi connectivity index (χ0n) is 18.7. The number of aromatic nitrogens is 3. The van der Waals surface area contributed by atoms with Gasteiger partial charge in [0.25, 0.3) is 0 Å². The molecule has 0 radical (unpaired) electrons. The van der Waals surface area contributed by atoms with Crippen LogP contribution < -0.4 is 16.0 Å². The second-order valence-corrected chi connectivity index (χ2v) is 9.17. The highest BCUT2D eigenvalue weighted by atomic mass is 16.3. The highest BCUT2D eigenvalue weighted by Gasteiger charge is 2.25. The summed E-state index contributed by atoms with van der Waals surface area (Å²) in [6, 6.07) is 8.41. The standard InChI is InChI=1S/C25H30N6O2/c26-24(33)16-7-11-31(12-8-16)25-21-6-9-27-15-18(21)13-22(30-25)17-5-10-28-23(14-17)29-19-1-3-20(32)4-2-19/h5-6,9-10,13-16,19-20,32H,1-4,7-8,11-12H2,(H2,26,33)(H,28,29)/t19-,20-. The molecule has 0 atom stereocenters. The fourth-order valence-electron chi connectivity index (χ4n) is 4.94. The van der Waals surface area contributed by atoms with Crippen LogP contribution in [0.3, 0.4) is 0 Å². The molecule has 0 spiro atoms. The molecule has 4 N–H and O–H groups in total. The summed E-state index contributed by atoms with van der Waals surface area (Å²) in [7, 11) is 0. The van der Waals surface area contributed by atoms with Crippen molar-refractivity contribution in [1.29, 1.82) is 0 Å². The van der Waals surface area contributed by atoms with Crippen molar-refractivity contribution in [1.82, 2.24) is 15.0 Å². The molecule has 2 fully saturated rings. The van der Waals surface area contributed by atoms with Crippen molar-refractivity contribution in [3.8, 4) is 11.3 Å². The fraction of sp³-hybridized carbons (Fsp3) is 0.440. The summed E-state index contributed by atoms with van der Waals surface area (Å²) in [6.07, 6.45) is 10.3. The molecule has 1 saturated carbocycles. The van der Waals surface area contributed by atoms with Crippen LogP contribution in [0.2, 0.25) is 0 Å². The minimum atomic E-state index is -0.213. The molecule has 1 aliphatic heterocycles. The van der Waals surface area contributed by atoms with E-state index in [0.717, 1.165) is 85.3 Å². The van der Waals surface area contributed by atoms with Gasteiger partial charge in [-0.3, -0.25) is 9.78 Å². The first-order chi connectivity index (χ1) is 16.1. The summed E-state index contributed by atoms with van der Waals surface area (Å²) in [5, 5.41) is 15.4. The maximum atomic E-state index is 11.6. The minimum absolute atomic E-state index is 0.0629. The lowest BCUT2D eigenvalue weighted by Gasteiger charge is -2.32. The Morgan fingerprint density at radius 2 is 1.85 bits per heavy atom. The number of hydrogen-bond acceptors (Lipinski definition) is 7. The van der Waals surface area contributed by atoms with Crippen molar-refractivity contribution in [2.45, 2.75) is 50.7 Å². The van der Waals surface area contributed by atoms with E-state index in [4.69, 9.17) is 10.7 Å². The second kappa shape index (κ2) is 9.31. The number of aliphatic hydroxyl groups is 1. The van der Waals surface area contributed by atoms with Crippen LogP contribution in [-0.4, -0.2) is 51.2 Å². The van der Waals surface area contributed by atoms with Crippen molar-refractivity contribution >= 4 is 28.3 Å². The van der Waals surface area contributed by atoms with E-state index >= 15 is 0 Å². The normalized spacial score (nSPS) is 21.8. The molecule has 4 heterocycles. The lowest BCUT2D eigenvalue weighted by molar-refractivity contribution is -0.122. The fourth-order valence-corrected chi connectivity index (χ4v) is 4.94. The number of piperidine rings is 1. The Kier molecular flexibility index (Phi) is 6.09. The van der Waals surface area contributed by atoms with Gasteiger partial charge in [0, 0.05) is 60.0 Å². The molecule has 1 aliphatic carbocycles. The Morgan fingerprint density at radius 3 is 2.61 bits per heavy atom. The van der Waals surface area contributed by atoms with E-state index < -0.39 is 0 Å². The summed E-state index contributed by atoms with van der Waals surface area (Å²) >= 11 is 0. The molecule has 0 aromatic carbocycles. The Labute approximate surface area is 193 Å². The third kappa shape index (κ3) is 4.75. The lowest BCUT2D eigenvalue weighted by Crippen LogP contribution is -2.39. The summed E-state index contributed by atoms with van der Waals surface area (Å²) in [4.78, 5) is 27.7. The number of carbonyl (C=O) groups is 1. The summed E-state index contributed by atoms with van der Waals surface area (Å²) in [5.74, 6) is 1.47. The van der Waals surface area contributed by atoms with E-state index in [1.54, 1.807) is 6.20 Å². The smallest absolute Gasteiger partial charge is 0.220 e. The Hall–Kier alpha value is -3.26. The van der Waals surface area contributed by atoms with Gasteiger partial charge in [0.05, 0.1) is 11.8 Å². The number of fused-ring (bicyclic) bond motifs is 1. The number of amides is 1. The average Bonchev–Trinajstić information content (AvgIpc) is 2.85. The van der Waals surface area contributed by atoms with Gasteiger partial charge >= 0.3 is 0 Å². The van der Waals surface area contributed by atoms with Gasteiger partial charge in [-0.25, -0.2) is 9.97 Å². The molecule has 0 unspecified atom stereocenters.